The lowest BCUT2D eigenvalue weighted by atomic mass is 9.99. The molecule has 0 amide bonds. The van der Waals surface area contributed by atoms with Crippen LogP contribution in [-0.4, -0.2) is 10.6 Å². The Morgan fingerprint density at radius 3 is 2.63 bits per heavy atom. The highest BCUT2D eigenvalue weighted by Gasteiger charge is 2.20. The minimum absolute atomic E-state index is 0.0476. The first-order valence-electron chi connectivity index (χ1n) is 6.13. The summed E-state index contributed by atoms with van der Waals surface area (Å²) in [7, 11) is 0. The number of rotatable bonds is 3. The predicted molar refractivity (Wildman–Crippen MR) is 79.0 cm³/mol. The maximum atomic E-state index is 12.9. The molecule has 0 saturated heterocycles. The first kappa shape index (κ1) is 13.9. The fourth-order valence-electron chi connectivity index (χ4n) is 1.85. The van der Waals surface area contributed by atoms with Crippen molar-refractivity contribution in [1.82, 2.24) is 0 Å². The summed E-state index contributed by atoms with van der Waals surface area (Å²) in [5, 5.41) is 0. The van der Waals surface area contributed by atoms with Crippen LogP contribution in [0.2, 0.25) is 0 Å². The Kier molecular flexibility index (Phi) is 4.86. The van der Waals surface area contributed by atoms with E-state index < -0.39 is 0 Å². The lowest BCUT2D eigenvalue weighted by Gasteiger charge is -2.12. The number of carbonyl (C=O) groups is 1. The molecule has 1 atom stereocenters. The average molecular weight is 321 g/mol. The largest absolute Gasteiger partial charge is 0.293 e. The van der Waals surface area contributed by atoms with Crippen LogP contribution in [0.15, 0.2) is 60.2 Å². The van der Waals surface area contributed by atoms with E-state index in [-0.39, 0.29) is 16.4 Å². The van der Waals surface area contributed by atoms with Crippen LogP contribution >= 0.6 is 15.9 Å². The number of halogens is 2. The van der Waals surface area contributed by atoms with E-state index in [4.69, 9.17) is 0 Å². The standard InChI is InChI=1S/C16H14BrFO/c17-15(12-6-4-2-1-3-5-7-12)16(19)13-8-10-14(18)11-9-13/h2-6,8-11,15H,1,7H2/b4-2-,5-3?,12-6+. The van der Waals surface area contributed by atoms with Gasteiger partial charge in [0.1, 0.15) is 5.82 Å². The van der Waals surface area contributed by atoms with Gasteiger partial charge in [0.15, 0.2) is 5.78 Å². The molecule has 0 spiro atoms. The van der Waals surface area contributed by atoms with Gasteiger partial charge >= 0.3 is 0 Å². The number of allylic oxidation sites excluding steroid dienone is 6. The van der Waals surface area contributed by atoms with Crippen LogP contribution in [0.4, 0.5) is 4.39 Å². The summed E-state index contributed by atoms with van der Waals surface area (Å²) in [4.78, 5) is 11.9. The highest BCUT2D eigenvalue weighted by Crippen LogP contribution is 2.22. The SMILES string of the molecule is O=C(c1ccc(F)cc1)C(Br)/C1=C/C=C\CC=CC1. The minimum Gasteiger partial charge on any atom is -0.293 e. The summed E-state index contributed by atoms with van der Waals surface area (Å²) in [6, 6.07) is 5.64. The second kappa shape index (κ2) is 6.62. The Labute approximate surface area is 120 Å². The summed E-state index contributed by atoms with van der Waals surface area (Å²) in [6.07, 6.45) is 11.8. The van der Waals surface area contributed by atoms with Gasteiger partial charge in [0.25, 0.3) is 0 Å². The second-order valence-corrected chi connectivity index (χ2v) is 5.23. The van der Waals surface area contributed by atoms with Gasteiger partial charge in [-0.3, -0.25) is 4.79 Å². The van der Waals surface area contributed by atoms with Gasteiger partial charge in [0.05, 0.1) is 4.83 Å². The third-order valence-electron chi connectivity index (χ3n) is 2.92. The number of carbonyl (C=O) groups excluding carboxylic acids is 1. The molecule has 1 aliphatic rings. The number of hydrogen-bond donors (Lipinski definition) is 0. The van der Waals surface area contributed by atoms with E-state index in [2.05, 4.69) is 28.1 Å². The van der Waals surface area contributed by atoms with E-state index in [0.717, 1.165) is 18.4 Å². The van der Waals surface area contributed by atoms with E-state index in [1.807, 2.05) is 18.2 Å². The van der Waals surface area contributed by atoms with Crippen LogP contribution in [0.3, 0.4) is 0 Å². The molecule has 1 aromatic rings. The number of alkyl halides is 1. The second-order valence-electron chi connectivity index (χ2n) is 4.31. The van der Waals surface area contributed by atoms with Crippen molar-refractivity contribution in [2.24, 2.45) is 0 Å². The molecule has 19 heavy (non-hydrogen) atoms. The predicted octanol–water partition coefficient (Wildman–Crippen LogP) is 4.60. The van der Waals surface area contributed by atoms with E-state index in [1.54, 1.807) is 0 Å². The topological polar surface area (TPSA) is 17.1 Å². The Hall–Kier alpha value is -1.48. The van der Waals surface area contributed by atoms with Crippen molar-refractivity contribution in [1.29, 1.82) is 0 Å². The van der Waals surface area contributed by atoms with Crippen molar-refractivity contribution in [2.75, 3.05) is 0 Å². The van der Waals surface area contributed by atoms with Crippen molar-refractivity contribution < 1.29 is 9.18 Å². The van der Waals surface area contributed by atoms with Gasteiger partial charge < -0.3 is 0 Å². The molecule has 1 aliphatic carbocycles. The summed E-state index contributed by atoms with van der Waals surface area (Å²) in [5.41, 5.74) is 1.51. The van der Waals surface area contributed by atoms with E-state index in [1.165, 1.54) is 24.3 Å². The zero-order valence-electron chi connectivity index (χ0n) is 10.4. The summed E-state index contributed by atoms with van der Waals surface area (Å²) in [6.45, 7) is 0. The Morgan fingerprint density at radius 2 is 1.89 bits per heavy atom. The van der Waals surface area contributed by atoms with E-state index >= 15 is 0 Å². The molecule has 0 aromatic heterocycles. The zero-order valence-corrected chi connectivity index (χ0v) is 11.9. The molecule has 0 aliphatic heterocycles. The number of benzene rings is 1. The summed E-state index contributed by atoms with van der Waals surface area (Å²) in [5.74, 6) is -0.382. The molecule has 0 saturated carbocycles. The van der Waals surface area contributed by atoms with Gasteiger partial charge in [-0.05, 0) is 42.7 Å². The monoisotopic (exact) mass is 320 g/mol. The molecule has 98 valence electrons. The van der Waals surface area contributed by atoms with Crippen LogP contribution in [0, 0.1) is 5.82 Å². The molecule has 3 heteroatoms. The molecule has 0 fully saturated rings. The maximum absolute atomic E-state index is 12.9. The third-order valence-corrected chi connectivity index (χ3v) is 3.93. The first-order chi connectivity index (χ1) is 9.18. The molecule has 0 heterocycles. The smallest absolute Gasteiger partial charge is 0.180 e. The van der Waals surface area contributed by atoms with Crippen molar-refractivity contribution in [3.63, 3.8) is 0 Å². The summed E-state index contributed by atoms with van der Waals surface area (Å²) >= 11 is 3.44. The van der Waals surface area contributed by atoms with Gasteiger partial charge in [-0.15, -0.1) is 0 Å². The van der Waals surface area contributed by atoms with Crippen molar-refractivity contribution in [3.05, 3.63) is 71.6 Å². The number of hydrogen-bond acceptors (Lipinski definition) is 1. The summed E-state index contributed by atoms with van der Waals surface area (Å²) < 4.78 is 12.9. The lowest BCUT2D eigenvalue weighted by molar-refractivity contribution is 0.0999. The van der Waals surface area contributed by atoms with E-state index in [9.17, 15) is 9.18 Å². The van der Waals surface area contributed by atoms with Crippen molar-refractivity contribution in [2.45, 2.75) is 17.7 Å². The number of ketones is 1. The molecule has 0 radical (unpaired) electrons. The van der Waals surface area contributed by atoms with Crippen LogP contribution in [0.25, 0.3) is 0 Å². The molecule has 1 aromatic carbocycles. The quantitative estimate of drug-likeness (QED) is 0.451. The van der Waals surface area contributed by atoms with Crippen LogP contribution in [0.5, 0.6) is 0 Å². The van der Waals surface area contributed by atoms with Crippen LogP contribution in [-0.2, 0) is 0 Å². The Balaban J connectivity index is 2.18. The van der Waals surface area contributed by atoms with Crippen molar-refractivity contribution in [3.8, 4) is 0 Å². The van der Waals surface area contributed by atoms with Gasteiger partial charge in [0.2, 0.25) is 0 Å². The number of Topliss-reactive ketones (excluding diaryl/α,β-unsaturated/α-hetero) is 1. The van der Waals surface area contributed by atoms with Gasteiger partial charge in [-0.1, -0.05) is 46.3 Å². The van der Waals surface area contributed by atoms with Gasteiger partial charge in [-0.2, -0.15) is 0 Å². The van der Waals surface area contributed by atoms with Crippen LogP contribution in [0.1, 0.15) is 23.2 Å². The average Bonchev–Trinajstić information content (AvgIpc) is 2.38. The molecule has 1 nitrogen and oxygen atoms in total. The molecular formula is C16H14BrFO. The third kappa shape index (κ3) is 3.74. The fourth-order valence-corrected chi connectivity index (χ4v) is 2.45. The highest BCUT2D eigenvalue weighted by molar-refractivity contribution is 9.10. The lowest BCUT2D eigenvalue weighted by Crippen LogP contribution is -2.16. The van der Waals surface area contributed by atoms with E-state index in [0.29, 0.717) is 5.56 Å². The molecule has 0 bridgehead atoms. The van der Waals surface area contributed by atoms with Gasteiger partial charge in [0, 0.05) is 5.56 Å². The Bertz CT molecular complexity index is 540. The maximum Gasteiger partial charge on any atom is 0.180 e. The molecule has 0 N–H and O–H groups in total. The first-order valence-corrected chi connectivity index (χ1v) is 7.04. The fraction of sp³-hybridized carbons (Fsp3) is 0.188. The Morgan fingerprint density at radius 1 is 1.16 bits per heavy atom. The highest BCUT2D eigenvalue weighted by atomic mass is 79.9. The van der Waals surface area contributed by atoms with Crippen molar-refractivity contribution >= 4 is 21.7 Å². The molecule has 1 unspecified atom stereocenters. The molecular weight excluding hydrogens is 307 g/mol. The van der Waals surface area contributed by atoms with Crippen LogP contribution < -0.4 is 0 Å². The normalized spacial score (nSPS) is 20.8. The zero-order chi connectivity index (χ0) is 13.7. The molecule has 2 rings (SSSR count). The van der Waals surface area contributed by atoms with Gasteiger partial charge in [-0.25, -0.2) is 4.39 Å². The minimum atomic E-state index is -0.370.